The van der Waals surface area contributed by atoms with Crippen molar-refractivity contribution in [2.24, 2.45) is 0 Å². The van der Waals surface area contributed by atoms with Crippen molar-refractivity contribution in [1.82, 2.24) is 19.9 Å². The minimum Gasteiger partial charge on any atom is -0.465 e. The fourth-order valence-electron chi connectivity index (χ4n) is 2.40. The van der Waals surface area contributed by atoms with Gasteiger partial charge in [0.15, 0.2) is 17.0 Å². The SMILES string of the molecule is COC(=O)c1ccc(C=CCCc2cnc3nc(N)nc(N)c3n2)cc1. The number of fused-ring (bicyclic) bond motifs is 1. The molecular formula is C18H18N6O2. The molecule has 0 aliphatic rings. The fraction of sp³-hybridized carbons (Fsp3) is 0.167. The van der Waals surface area contributed by atoms with E-state index in [-0.39, 0.29) is 17.7 Å². The molecule has 1 aromatic carbocycles. The van der Waals surface area contributed by atoms with Crippen LogP contribution in [-0.4, -0.2) is 33.0 Å². The van der Waals surface area contributed by atoms with Gasteiger partial charge in [-0.05, 0) is 30.5 Å². The first kappa shape index (κ1) is 17.3. The molecule has 26 heavy (non-hydrogen) atoms. The number of esters is 1. The molecule has 0 amide bonds. The lowest BCUT2D eigenvalue weighted by Crippen LogP contribution is -2.04. The van der Waals surface area contributed by atoms with Crippen LogP contribution >= 0.6 is 0 Å². The molecule has 8 nitrogen and oxygen atoms in total. The van der Waals surface area contributed by atoms with Gasteiger partial charge in [0.05, 0.1) is 24.6 Å². The maximum absolute atomic E-state index is 11.4. The number of hydrogen-bond donors (Lipinski definition) is 2. The van der Waals surface area contributed by atoms with Gasteiger partial charge >= 0.3 is 5.97 Å². The minimum atomic E-state index is -0.347. The van der Waals surface area contributed by atoms with E-state index in [4.69, 9.17) is 11.5 Å². The molecule has 0 spiro atoms. The fourth-order valence-corrected chi connectivity index (χ4v) is 2.40. The highest BCUT2D eigenvalue weighted by Gasteiger charge is 2.07. The summed E-state index contributed by atoms with van der Waals surface area (Å²) in [7, 11) is 1.36. The van der Waals surface area contributed by atoms with Crippen molar-refractivity contribution in [3.63, 3.8) is 0 Å². The van der Waals surface area contributed by atoms with Crippen molar-refractivity contribution in [3.05, 3.63) is 53.4 Å². The van der Waals surface area contributed by atoms with Crippen LogP contribution in [0.5, 0.6) is 0 Å². The second kappa shape index (κ2) is 7.56. The van der Waals surface area contributed by atoms with Gasteiger partial charge in [-0.3, -0.25) is 0 Å². The number of aryl methyl sites for hydroxylation is 1. The molecule has 132 valence electrons. The van der Waals surface area contributed by atoms with Crippen LogP contribution in [0.2, 0.25) is 0 Å². The van der Waals surface area contributed by atoms with E-state index in [9.17, 15) is 4.79 Å². The first-order chi connectivity index (χ1) is 12.6. The van der Waals surface area contributed by atoms with Gasteiger partial charge in [-0.25, -0.2) is 14.8 Å². The summed E-state index contributed by atoms with van der Waals surface area (Å²) in [4.78, 5) is 28.0. The first-order valence-corrected chi connectivity index (χ1v) is 7.96. The van der Waals surface area contributed by atoms with E-state index in [0.29, 0.717) is 23.1 Å². The molecule has 3 aromatic rings. The number of rotatable bonds is 5. The monoisotopic (exact) mass is 350 g/mol. The summed E-state index contributed by atoms with van der Waals surface area (Å²) in [5.41, 5.74) is 14.5. The average Bonchev–Trinajstić information content (AvgIpc) is 2.65. The molecule has 0 atom stereocenters. The molecule has 4 N–H and O–H groups in total. The topological polar surface area (TPSA) is 130 Å². The van der Waals surface area contributed by atoms with Crippen LogP contribution in [0.3, 0.4) is 0 Å². The zero-order valence-corrected chi connectivity index (χ0v) is 14.2. The molecule has 2 aromatic heterocycles. The van der Waals surface area contributed by atoms with Crippen molar-refractivity contribution in [1.29, 1.82) is 0 Å². The van der Waals surface area contributed by atoms with Gasteiger partial charge in [0.1, 0.15) is 0 Å². The molecular weight excluding hydrogens is 332 g/mol. The number of nitrogens with two attached hydrogens (primary N) is 2. The number of carbonyl (C=O) groups excluding carboxylic acids is 1. The lowest BCUT2D eigenvalue weighted by Gasteiger charge is -2.03. The van der Waals surface area contributed by atoms with E-state index in [0.717, 1.165) is 17.7 Å². The molecule has 0 bridgehead atoms. The Morgan fingerprint density at radius 2 is 1.92 bits per heavy atom. The molecule has 0 radical (unpaired) electrons. The highest BCUT2D eigenvalue weighted by atomic mass is 16.5. The Morgan fingerprint density at radius 3 is 2.65 bits per heavy atom. The predicted molar refractivity (Wildman–Crippen MR) is 99.1 cm³/mol. The lowest BCUT2D eigenvalue weighted by atomic mass is 10.1. The highest BCUT2D eigenvalue weighted by molar-refractivity contribution is 5.89. The van der Waals surface area contributed by atoms with Gasteiger partial charge in [0.25, 0.3) is 0 Å². The second-order valence-electron chi connectivity index (χ2n) is 5.56. The predicted octanol–water partition coefficient (Wildman–Crippen LogP) is 2.02. The first-order valence-electron chi connectivity index (χ1n) is 7.96. The number of ether oxygens (including phenoxy) is 1. The van der Waals surface area contributed by atoms with E-state index >= 15 is 0 Å². The van der Waals surface area contributed by atoms with E-state index < -0.39 is 0 Å². The highest BCUT2D eigenvalue weighted by Crippen LogP contribution is 2.15. The minimum absolute atomic E-state index is 0.0817. The van der Waals surface area contributed by atoms with Crippen LogP contribution in [0.4, 0.5) is 11.8 Å². The quantitative estimate of drug-likeness (QED) is 0.668. The maximum atomic E-state index is 11.4. The summed E-state index contributed by atoms with van der Waals surface area (Å²) in [5, 5.41) is 0. The molecule has 0 unspecified atom stereocenters. The van der Waals surface area contributed by atoms with Crippen LogP contribution < -0.4 is 11.5 Å². The van der Waals surface area contributed by atoms with Crippen molar-refractivity contribution < 1.29 is 9.53 Å². The summed E-state index contributed by atoms with van der Waals surface area (Å²) >= 11 is 0. The van der Waals surface area contributed by atoms with Gasteiger partial charge in [0.2, 0.25) is 5.95 Å². The largest absolute Gasteiger partial charge is 0.465 e. The smallest absolute Gasteiger partial charge is 0.337 e. The normalized spacial score (nSPS) is 11.1. The van der Waals surface area contributed by atoms with E-state index in [1.54, 1.807) is 18.3 Å². The lowest BCUT2D eigenvalue weighted by molar-refractivity contribution is 0.0600. The number of carbonyl (C=O) groups is 1. The average molecular weight is 350 g/mol. The molecule has 0 fully saturated rings. The third-order valence-electron chi connectivity index (χ3n) is 3.71. The Hall–Kier alpha value is -3.55. The maximum Gasteiger partial charge on any atom is 0.337 e. The molecule has 3 rings (SSSR count). The second-order valence-corrected chi connectivity index (χ2v) is 5.56. The van der Waals surface area contributed by atoms with Crippen molar-refractivity contribution in [3.8, 4) is 0 Å². The van der Waals surface area contributed by atoms with E-state index in [1.165, 1.54) is 7.11 Å². The summed E-state index contributed by atoms with van der Waals surface area (Å²) in [6, 6.07) is 7.19. The number of hydrogen-bond acceptors (Lipinski definition) is 8. The van der Waals surface area contributed by atoms with Crippen LogP contribution in [-0.2, 0) is 11.2 Å². The third kappa shape index (κ3) is 3.92. The van der Waals surface area contributed by atoms with Crippen LogP contribution in [0, 0.1) is 0 Å². The standard InChI is InChI=1S/C18H18N6O2/c1-26-17(25)12-8-6-11(7-9-12)4-2-3-5-13-10-21-16-14(22-13)15(19)23-18(20)24-16/h2,4,6-10H,3,5H2,1H3,(H4,19,20,21,23,24). The Labute approximate surface area is 150 Å². The summed E-state index contributed by atoms with van der Waals surface area (Å²) in [6.45, 7) is 0. The van der Waals surface area contributed by atoms with Gasteiger partial charge in [-0.1, -0.05) is 24.3 Å². The van der Waals surface area contributed by atoms with E-state index in [1.807, 2.05) is 24.3 Å². The van der Waals surface area contributed by atoms with Gasteiger partial charge in [0, 0.05) is 0 Å². The number of aromatic nitrogens is 4. The summed E-state index contributed by atoms with van der Waals surface area (Å²) in [6.07, 6.45) is 7.14. The van der Waals surface area contributed by atoms with Gasteiger partial charge in [-0.15, -0.1) is 0 Å². The number of nitrogens with zero attached hydrogens (tertiary/aromatic N) is 4. The van der Waals surface area contributed by atoms with Crippen molar-refractivity contribution in [2.75, 3.05) is 18.6 Å². The Kier molecular flexibility index (Phi) is 5.02. The molecule has 0 aliphatic carbocycles. The Bertz CT molecular complexity index is 969. The third-order valence-corrected chi connectivity index (χ3v) is 3.71. The van der Waals surface area contributed by atoms with Crippen LogP contribution in [0.15, 0.2) is 36.5 Å². The number of anilines is 2. The van der Waals surface area contributed by atoms with E-state index in [2.05, 4.69) is 24.7 Å². The zero-order chi connectivity index (χ0) is 18.5. The Balaban J connectivity index is 1.63. The van der Waals surface area contributed by atoms with Crippen molar-refractivity contribution in [2.45, 2.75) is 12.8 Å². The molecule has 2 heterocycles. The van der Waals surface area contributed by atoms with Crippen molar-refractivity contribution >= 4 is 35.0 Å². The number of allylic oxidation sites excluding steroid dienone is 1. The number of methoxy groups -OCH3 is 1. The molecule has 8 heteroatoms. The van der Waals surface area contributed by atoms with Gasteiger partial charge in [-0.2, -0.15) is 9.97 Å². The summed E-state index contributed by atoms with van der Waals surface area (Å²) in [5.74, 6) is -0.0401. The number of benzene rings is 1. The summed E-state index contributed by atoms with van der Waals surface area (Å²) < 4.78 is 4.67. The molecule has 0 saturated heterocycles. The van der Waals surface area contributed by atoms with Gasteiger partial charge < -0.3 is 16.2 Å². The zero-order valence-electron chi connectivity index (χ0n) is 14.2. The van der Waals surface area contributed by atoms with Crippen LogP contribution in [0.1, 0.15) is 28.0 Å². The Morgan fingerprint density at radius 1 is 1.15 bits per heavy atom. The molecule has 0 saturated carbocycles. The molecule has 0 aliphatic heterocycles. The van der Waals surface area contributed by atoms with Crippen LogP contribution in [0.25, 0.3) is 17.2 Å². The number of nitrogen functional groups attached to an aromatic ring is 2.